The maximum Gasteiger partial charge on any atom is 0.283 e. The molecule has 6 nitrogen and oxygen atoms in total. The first-order chi connectivity index (χ1) is 10.2. The number of hydrogen-bond donors (Lipinski definition) is 1. The van der Waals surface area contributed by atoms with E-state index < -0.39 is 0 Å². The SMILES string of the molecule is COCCn1ncc(NCCOC2CCCC2)c(Br)c1=O. The number of hydrogen-bond acceptors (Lipinski definition) is 5. The second kappa shape index (κ2) is 8.51. The van der Waals surface area contributed by atoms with Crippen LogP contribution in [0.1, 0.15) is 25.7 Å². The van der Waals surface area contributed by atoms with Gasteiger partial charge in [0, 0.05) is 13.7 Å². The van der Waals surface area contributed by atoms with E-state index in [9.17, 15) is 4.79 Å². The van der Waals surface area contributed by atoms with Gasteiger partial charge >= 0.3 is 0 Å². The van der Waals surface area contributed by atoms with E-state index in [1.165, 1.54) is 30.4 Å². The van der Waals surface area contributed by atoms with Gasteiger partial charge in [0.1, 0.15) is 4.47 Å². The van der Waals surface area contributed by atoms with Crippen LogP contribution in [0.25, 0.3) is 0 Å². The van der Waals surface area contributed by atoms with Gasteiger partial charge in [0.25, 0.3) is 5.56 Å². The standard InChI is InChI=1S/C14H22BrN3O3/c1-20-9-7-18-14(19)13(15)12(10-17-18)16-6-8-21-11-4-2-3-5-11/h10-11,16H,2-9H2,1H3. The van der Waals surface area contributed by atoms with Crippen molar-refractivity contribution < 1.29 is 9.47 Å². The second-order valence-electron chi connectivity index (χ2n) is 5.10. The van der Waals surface area contributed by atoms with E-state index in [1.807, 2.05) is 0 Å². The summed E-state index contributed by atoms with van der Waals surface area (Å²) < 4.78 is 12.6. The van der Waals surface area contributed by atoms with Crippen LogP contribution in [0.5, 0.6) is 0 Å². The van der Waals surface area contributed by atoms with Crippen LogP contribution >= 0.6 is 15.9 Å². The highest BCUT2D eigenvalue weighted by Gasteiger charge is 2.15. The monoisotopic (exact) mass is 359 g/mol. The van der Waals surface area contributed by atoms with E-state index in [-0.39, 0.29) is 5.56 Å². The van der Waals surface area contributed by atoms with Crippen LogP contribution in [-0.2, 0) is 16.0 Å². The van der Waals surface area contributed by atoms with Crippen molar-refractivity contribution >= 4 is 21.6 Å². The Hall–Kier alpha value is -0.920. The molecule has 1 aromatic rings. The van der Waals surface area contributed by atoms with E-state index in [2.05, 4.69) is 26.3 Å². The van der Waals surface area contributed by atoms with Gasteiger partial charge in [-0.3, -0.25) is 4.79 Å². The highest BCUT2D eigenvalue weighted by Crippen LogP contribution is 2.21. The van der Waals surface area contributed by atoms with Crippen LogP contribution in [0.4, 0.5) is 5.69 Å². The van der Waals surface area contributed by atoms with E-state index in [1.54, 1.807) is 13.3 Å². The molecule has 0 aliphatic heterocycles. The van der Waals surface area contributed by atoms with Crippen LogP contribution < -0.4 is 10.9 Å². The summed E-state index contributed by atoms with van der Waals surface area (Å²) in [6.07, 6.45) is 6.94. The van der Waals surface area contributed by atoms with Crippen molar-refractivity contribution in [3.8, 4) is 0 Å². The lowest BCUT2D eigenvalue weighted by molar-refractivity contribution is 0.0659. The molecule has 0 bridgehead atoms. The third kappa shape index (κ3) is 4.79. The van der Waals surface area contributed by atoms with E-state index in [0.717, 1.165) is 0 Å². The van der Waals surface area contributed by atoms with Crippen molar-refractivity contribution in [2.75, 3.05) is 32.2 Å². The van der Waals surface area contributed by atoms with E-state index >= 15 is 0 Å². The third-order valence-corrected chi connectivity index (χ3v) is 4.33. The van der Waals surface area contributed by atoms with E-state index in [0.29, 0.717) is 42.6 Å². The number of methoxy groups -OCH3 is 1. The fourth-order valence-electron chi connectivity index (χ4n) is 2.39. The van der Waals surface area contributed by atoms with Gasteiger partial charge in [-0.25, -0.2) is 4.68 Å². The molecule has 0 aromatic carbocycles. The van der Waals surface area contributed by atoms with Crippen LogP contribution in [-0.4, -0.2) is 42.8 Å². The molecular formula is C14H22BrN3O3. The van der Waals surface area contributed by atoms with Gasteiger partial charge in [0.2, 0.25) is 0 Å². The number of nitrogens with zero attached hydrogens (tertiary/aromatic N) is 2. The predicted octanol–water partition coefficient (Wildman–Crippen LogP) is 2.02. The lowest BCUT2D eigenvalue weighted by Crippen LogP contribution is -2.26. The minimum Gasteiger partial charge on any atom is -0.383 e. The second-order valence-corrected chi connectivity index (χ2v) is 5.89. The normalized spacial score (nSPS) is 15.5. The summed E-state index contributed by atoms with van der Waals surface area (Å²) in [6.45, 7) is 2.21. The summed E-state index contributed by atoms with van der Waals surface area (Å²) in [4.78, 5) is 12.1. The van der Waals surface area contributed by atoms with Gasteiger partial charge < -0.3 is 14.8 Å². The molecule has 1 heterocycles. The predicted molar refractivity (Wildman–Crippen MR) is 84.8 cm³/mol. The average Bonchev–Trinajstić information content (AvgIpc) is 3.00. The Morgan fingerprint density at radius 3 is 2.90 bits per heavy atom. The molecule has 0 saturated heterocycles. The lowest BCUT2D eigenvalue weighted by atomic mass is 10.3. The number of ether oxygens (including phenoxy) is 2. The first-order valence-corrected chi connectivity index (χ1v) is 8.11. The van der Waals surface area contributed by atoms with Crippen LogP contribution in [0.3, 0.4) is 0 Å². The molecule has 1 saturated carbocycles. The van der Waals surface area contributed by atoms with Gasteiger partial charge in [0.05, 0.1) is 37.7 Å². The number of aromatic nitrogens is 2. The molecule has 0 unspecified atom stereocenters. The maximum atomic E-state index is 12.1. The molecule has 118 valence electrons. The van der Waals surface area contributed by atoms with Crippen molar-refractivity contribution in [2.45, 2.75) is 38.3 Å². The maximum absolute atomic E-state index is 12.1. The zero-order valence-electron chi connectivity index (χ0n) is 12.3. The topological polar surface area (TPSA) is 65.4 Å². The highest BCUT2D eigenvalue weighted by atomic mass is 79.9. The van der Waals surface area contributed by atoms with Crippen molar-refractivity contribution in [3.05, 3.63) is 21.0 Å². The first-order valence-electron chi connectivity index (χ1n) is 7.32. The molecule has 0 atom stereocenters. The zero-order valence-corrected chi connectivity index (χ0v) is 13.9. The summed E-state index contributed by atoms with van der Waals surface area (Å²) in [5.41, 5.74) is 0.539. The molecule has 1 aromatic heterocycles. The minimum atomic E-state index is -0.159. The fourth-order valence-corrected chi connectivity index (χ4v) is 2.84. The lowest BCUT2D eigenvalue weighted by Gasteiger charge is -2.13. The summed E-state index contributed by atoms with van der Waals surface area (Å²) >= 11 is 3.32. The Balaban J connectivity index is 1.82. The zero-order chi connectivity index (χ0) is 15.1. The Bertz CT molecular complexity index is 501. The molecule has 0 spiro atoms. The molecule has 1 aliphatic carbocycles. The molecule has 21 heavy (non-hydrogen) atoms. The summed E-state index contributed by atoms with van der Waals surface area (Å²) in [5, 5.41) is 7.31. The molecular weight excluding hydrogens is 338 g/mol. The number of nitrogens with one attached hydrogen (secondary N) is 1. The van der Waals surface area contributed by atoms with Gasteiger partial charge in [-0.2, -0.15) is 5.10 Å². The number of anilines is 1. The summed E-state index contributed by atoms with van der Waals surface area (Å²) in [6, 6.07) is 0. The van der Waals surface area contributed by atoms with Gasteiger partial charge in [-0.05, 0) is 28.8 Å². The average molecular weight is 360 g/mol. The molecule has 2 rings (SSSR count). The van der Waals surface area contributed by atoms with Crippen molar-refractivity contribution in [1.29, 1.82) is 0 Å². The molecule has 0 radical (unpaired) electrons. The molecule has 0 amide bonds. The Kier molecular flexibility index (Phi) is 6.66. The largest absolute Gasteiger partial charge is 0.383 e. The molecule has 1 aliphatic rings. The highest BCUT2D eigenvalue weighted by molar-refractivity contribution is 9.10. The fraction of sp³-hybridized carbons (Fsp3) is 0.714. The summed E-state index contributed by atoms with van der Waals surface area (Å²) in [5.74, 6) is 0. The smallest absolute Gasteiger partial charge is 0.283 e. The van der Waals surface area contributed by atoms with E-state index in [4.69, 9.17) is 9.47 Å². The van der Waals surface area contributed by atoms with Gasteiger partial charge in [-0.15, -0.1) is 0 Å². The van der Waals surface area contributed by atoms with Crippen molar-refractivity contribution in [2.24, 2.45) is 0 Å². The first kappa shape index (κ1) is 16.5. The van der Waals surface area contributed by atoms with Gasteiger partial charge in [-0.1, -0.05) is 12.8 Å². The molecule has 7 heteroatoms. The van der Waals surface area contributed by atoms with Crippen LogP contribution in [0.15, 0.2) is 15.5 Å². The van der Waals surface area contributed by atoms with Crippen molar-refractivity contribution in [1.82, 2.24) is 9.78 Å². The van der Waals surface area contributed by atoms with Crippen LogP contribution in [0, 0.1) is 0 Å². The minimum absolute atomic E-state index is 0.159. The van der Waals surface area contributed by atoms with Crippen molar-refractivity contribution in [3.63, 3.8) is 0 Å². The molecule has 1 fully saturated rings. The Morgan fingerprint density at radius 1 is 1.43 bits per heavy atom. The number of rotatable bonds is 8. The quantitative estimate of drug-likeness (QED) is 0.719. The summed E-state index contributed by atoms with van der Waals surface area (Å²) in [7, 11) is 1.60. The third-order valence-electron chi connectivity index (χ3n) is 3.57. The Morgan fingerprint density at radius 2 is 2.19 bits per heavy atom. The van der Waals surface area contributed by atoms with Gasteiger partial charge in [0.15, 0.2) is 0 Å². The molecule has 1 N–H and O–H groups in total. The number of halogens is 1. The Labute approximate surface area is 132 Å². The van der Waals surface area contributed by atoms with Crippen LogP contribution in [0.2, 0.25) is 0 Å².